The van der Waals surface area contributed by atoms with Gasteiger partial charge in [-0.1, -0.05) is 6.92 Å². The fourth-order valence-electron chi connectivity index (χ4n) is 2.34. The van der Waals surface area contributed by atoms with E-state index in [0.717, 1.165) is 17.9 Å². The first-order valence-corrected chi connectivity index (χ1v) is 7.43. The molecule has 1 aliphatic rings. The molecule has 2 unspecified atom stereocenters. The van der Waals surface area contributed by atoms with Crippen LogP contribution in [0.25, 0.3) is 5.65 Å². The molecule has 6 heteroatoms. The number of nitrogens with zero attached hydrogens (tertiary/aromatic N) is 4. The highest BCUT2D eigenvalue weighted by molar-refractivity contribution is 8.00. The van der Waals surface area contributed by atoms with Crippen molar-refractivity contribution in [2.45, 2.75) is 25.1 Å². The number of carbonyl (C=O) groups excluding carboxylic acids is 1. The van der Waals surface area contributed by atoms with Crippen molar-refractivity contribution in [3.05, 3.63) is 30.2 Å². The largest absolute Gasteiger partial charge is 0.334 e. The quantitative estimate of drug-likeness (QED) is 0.795. The van der Waals surface area contributed by atoms with Crippen LogP contribution < -0.4 is 0 Å². The minimum Gasteiger partial charge on any atom is -0.334 e. The molecule has 0 N–H and O–H groups in total. The van der Waals surface area contributed by atoms with Crippen LogP contribution in [0.3, 0.4) is 0 Å². The Bertz CT molecular complexity index is 611. The number of pyridine rings is 1. The second-order valence-electron chi connectivity index (χ2n) is 4.83. The molecule has 100 valence electrons. The van der Waals surface area contributed by atoms with E-state index < -0.39 is 0 Å². The molecule has 0 bridgehead atoms. The second kappa shape index (κ2) is 4.85. The average molecular weight is 276 g/mol. The van der Waals surface area contributed by atoms with Gasteiger partial charge < -0.3 is 4.90 Å². The molecule has 3 rings (SSSR count). The van der Waals surface area contributed by atoms with Crippen LogP contribution in [0.5, 0.6) is 0 Å². The van der Waals surface area contributed by atoms with Crippen molar-refractivity contribution in [1.29, 1.82) is 0 Å². The Morgan fingerprint density at radius 3 is 3.11 bits per heavy atom. The molecular formula is C13H16N4OS. The van der Waals surface area contributed by atoms with Crippen LogP contribution in [0.4, 0.5) is 0 Å². The summed E-state index contributed by atoms with van der Waals surface area (Å²) in [7, 11) is 0. The SMILES string of the molecule is CC1SCCN(C(=O)c2ccc3nncn3c2)C1C. The first-order valence-electron chi connectivity index (χ1n) is 6.39. The highest BCUT2D eigenvalue weighted by Crippen LogP contribution is 2.25. The van der Waals surface area contributed by atoms with E-state index in [1.165, 1.54) is 0 Å². The smallest absolute Gasteiger partial charge is 0.255 e. The molecule has 1 aliphatic heterocycles. The Balaban J connectivity index is 1.90. The molecular weight excluding hydrogens is 260 g/mol. The van der Waals surface area contributed by atoms with E-state index in [1.807, 2.05) is 28.8 Å². The van der Waals surface area contributed by atoms with E-state index in [9.17, 15) is 4.79 Å². The van der Waals surface area contributed by atoms with Gasteiger partial charge in [-0.2, -0.15) is 11.8 Å². The van der Waals surface area contributed by atoms with Crippen LogP contribution in [-0.4, -0.2) is 49.0 Å². The second-order valence-corrected chi connectivity index (χ2v) is 6.31. The lowest BCUT2D eigenvalue weighted by Crippen LogP contribution is -2.48. The maximum atomic E-state index is 12.6. The molecule has 1 amide bonds. The van der Waals surface area contributed by atoms with Crippen molar-refractivity contribution in [2.75, 3.05) is 12.3 Å². The number of amides is 1. The Labute approximate surface area is 116 Å². The van der Waals surface area contributed by atoms with Gasteiger partial charge >= 0.3 is 0 Å². The molecule has 0 aromatic carbocycles. The molecule has 2 atom stereocenters. The summed E-state index contributed by atoms with van der Waals surface area (Å²) in [6.45, 7) is 5.11. The zero-order valence-electron chi connectivity index (χ0n) is 11.0. The van der Waals surface area contributed by atoms with E-state index in [2.05, 4.69) is 24.0 Å². The van der Waals surface area contributed by atoms with E-state index >= 15 is 0 Å². The topological polar surface area (TPSA) is 50.5 Å². The Hall–Kier alpha value is -1.56. The van der Waals surface area contributed by atoms with Crippen LogP contribution in [0.1, 0.15) is 24.2 Å². The van der Waals surface area contributed by atoms with Gasteiger partial charge in [-0.05, 0) is 19.1 Å². The summed E-state index contributed by atoms with van der Waals surface area (Å²) in [4.78, 5) is 14.5. The Morgan fingerprint density at radius 2 is 2.26 bits per heavy atom. The van der Waals surface area contributed by atoms with Crippen molar-refractivity contribution in [1.82, 2.24) is 19.5 Å². The van der Waals surface area contributed by atoms with Crippen LogP contribution in [-0.2, 0) is 0 Å². The third-order valence-electron chi connectivity index (χ3n) is 3.68. The van der Waals surface area contributed by atoms with Gasteiger partial charge in [-0.25, -0.2) is 0 Å². The summed E-state index contributed by atoms with van der Waals surface area (Å²) < 4.78 is 1.78. The van der Waals surface area contributed by atoms with Gasteiger partial charge in [0.05, 0.1) is 5.56 Å². The van der Waals surface area contributed by atoms with E-state index in [0.29, 0.717) is 10.8 Å². The molecule has 0 spiro atoms. The third-order valence-corrected chi connectivity index (χ3v) is 5.02. The van der Waals surface area contributed by atoms with Gasteiger partial charge in [0, 0.05) is 29.8 Å². The molecule has 1 fully saturated rings. The first kappa shape index (κ1) is 12.5. The minimum atomic E-state index is 0.0928. The number of carbonyl (C=O) groups is 1. The lowest BCUT2D eigenvalue weighted by atomic mass is 10.1. The minimum absolute atomic E-state index is 0.0928. The number of aromatic nitrogens is 3. The van der Waals surface area contributed by atoms with Gasteiger partial charge in [0.25, 0.3) is 5.91 Å². The first-order chi connectivity index (χ1) is 9.16. The number of rotatable bonds is 1. The van der Waals surface area contributed by atoms with E-state index in [4.69, 9.17) is 0 Å². The lowest BCUT2D eigenvalue weighted by Gasteiger charge is -2.37. The number of thioether (sulfide) groups is 1. The number of fused-ring (bicyclic) bond motifs is 1. The summed E-state index contributed by atoms with van der Waals surface area (Å²) in [6, 6.07) is 3.92. The summed E-state index contributed by atoms with van der Waals surface area (Å²) in [6.07, 6.45) is 3.42. The maximum Gasteiger partial charge on any atom is 0.255 e. The highest BCUT2D eigenvalue weighted by atomic mass is 32.2. The van der Waals surface area contributed by atoms with Crippen LogP contribution >= 0.6 is 11.8 Å². The summed E-state index contributed by atoms with van der Waals surface area (Å²) in [5.41, 5.74) is 1.45. The van der Waals surface area contributed by atoms with Crippen LogP contribution in [0.15, 0.2) is 24.7 Å². The summed E-state index contributed by atoms with van der Waals surface area (Å²) >= 11 is 1.93. The average Bonchev–Trinajstić information content (AvgIpc) is 2.88. The molecule has 3 heterocycles. The molecule has 1 saturated heterocycles. The third kappa shape index (κ3) is 2.20. The fraction of sp³-hybridized carbons (Fsp3) is 0.462. The van der Waals surface area contributed by atoms with Gasteiger partial charge in [0.1, 0.15) is 6.33 Å². The van der Waals surface area contributed by atoms with Crippen molar-refractivity contribution in [2.24, 2.45) is 0 Å². The molecule has 0 radical (unpaired) electrons. The zero-order valence-corrected chi connectivity index (χ0v) is 11.8. The van der Waals surface area contributed by atoms with Crippen molar-refractivity contribution in [3.63, 3.8) is 0 Å². The molecule has 0 saturated carbocycles. The number of hydrogen-bond acceptors (Lipinski definition) is 4. The Morgan fingerprint density at radius 1 is 1.42 bits per heavy atom. The molecule has 2 aromatic heterocycles. The zero-order chi connectivity index (χ0) is 13.4. The monoisotopic (exact) mass is 276 g/mol. The predicted octanol–water partition coefficient (Wildman–Crippen LogP) is 1.70. The van der Waals surface area contributed by atoms with Gasteiger partial charge in [-0.3, -0.25) is 9.20 Å². The van der Waals surface area contributed by atoms with Gasteiger partial charge in [0.15, 0.2) is 5.65 Å². The summed E-state index contributed by atoms with van der Waals surface area (Å²) in [5.74, 6) is 1.10. The van der Waals surface area contributed by atoms with Crippen molar-refractivity contribution in [3.8, 4) is 0 Å². The fourth-order valence-corrected chi connectivity index (χ4v) is 3.44. The highest BCUT2D eigenvalue weighted by Gasteiger charge is 2.29. The summed E-state index contributed by atoms with van der Waals surface area (Å²) in [5, 5.41) is 8.25. The normalized spacial score (nSPS) is 23.8. The molecule has 19 heavy (non-hydrogen) atoms. The van der Waals surface area contributed by atoms with Gasteiger partial charge in [0.2, 0.25) is 0 Å². The Kier molecular flexibility index (Phi) is 3.18. The maximum absolute atomic E-state index is 12.6. The molecule has 2 aromatic rings. The lowest BCUT2D eigenvalue weighted by molar-refractivity contribution is 0.0697. The van der Waals surface area contributed by atoms with E-state index in [-0.39, 0.29) is 11.9 Å². The van der Waals surface area contributed by atoms with Crippen molar-refractivity contribution < 1.29 is 4.79 Å². The van der Waals surface area contributed by atoms with E-state index in [1.54, 1.807) is 16.9 Å². The standard InChI is InChI=1S/C13H16N4OS/c1-9-10(2)19-6-5-17(9)13(18)11-3-4-12-15-14-8-16(12)7-11/h3-4,7-10H,5-6H2,1-2H3. The molecule has 5 nitrogen and oxygen atoms in total. The van der Waals surface area contributed by atoms with Crippen LogP contribution in [0, 0.1) is 0 Å². The number of hydrogen-bond donors (Lipinski definition) is 0. The molecule has 0 aliphatic carbocycles. The predicted molar refractivity (Wildman–Crippen MR) is 75.4 cm³/mol. The van der Waals surface area contributed by atoms with Crippen LogP contribution in [0.2, 0.25) is 0 Å². The van der Waals surface area contributed by atoms with Crippen molar-refractivity contribution >= 4 is 23.3 Å². The van der Waals surface area contributed by atoms with Gasteiger partial charge in [-0.15, -0.1) is 10.2 Å².